The minimum Gasteiger partial charge on any atom is -0.317 e. The van der Waals surface area contributed by atoms with E-state index in [4.69, 9.17) is 5.10 Å². The van der Waals surface area contributed by atoms with Gasteiger partial charge in [-0.15, -0.1) is 0 Å². The molecular weight excluding hydrogens is 553 g/mol. The maximum Gasteiger partial charge on any atom is 0.324 e. The minimum absolute atomic E-state index is 0.128. The molecule has 1 atom stereocenters. The fourth-order valence-electron chi connectivity index (χ4n) is 5.81. The third-order valence-corrected chi connectivity index (χ3v) is 8.32. The van der Waals surface area contributed by atoms with E-state index in [9.17, 15) is 14.0 Å². The molecule has 8 heteroatoms. The van der Waals surface area contributed by atoms with Crippen LogP contribution in [0.5, 0.6) is 0 Å². The Morgan fingerprint density at radius 1 is 0.977 bits per heavy atom. The van der Waals surface area contributed by atoms with Crippen LogP contribution in [0.15, 0.2) is 78.9 Å². The lowest BCUT2D eigenvalue weighted by atomic mass is 9.76. The van der Waals surface area contributed by atoms with Crippen LogP contribution in [0.1, 0.15) is 68.3 Å². The average molecular weight is 596 g/mol. The summed E-state index contributed by atoms with van der Waals surface area (Å²) in [5, 5.41) is 14.3. The Bertz CT molecular complexity index is 1580. The number of para-hydroxylation sites is 1. The molecule has 0 spiro atoms. The van der Waals surface area contributed by atoms with Gasteiger partial charge >= 0.3 is 6.03 Å². The van der Waals surface area contributed by atoms with E-state index in [0.29, 0.717) is 24.3 Å². The van der Waals surface area contributed by atoms with Gasteiger partial charge in [0, 0.05) is 29.5 Å². The van der Waals surface area contributed by atoms with Crippen molar-refractivity contribution < 1.29 is 14.0 Å². The summed E-state index contributed by atoms with van der Waals surface area (Å²) in [5.74, 6) is 0.185. The molecule has 1 aliphatic heterocycles. The Kier molecular flexibility index (Phi) is 9.59. The summed E-state index contributed by atoms with van der Waals surface area (Å²) in [4.78, 5) is 27.4. The number of urea groups is 1. The van der Waals surface area contributed by atoms with Gasteiger partial charge in [-0.1, -0.05) is 68.8 Å². The highest BCUT2D eigenvalue weighted by atomic mass is 19.1. The van der Waals surface area contributed by atoms with Gasteiger partial charge in [0.05, 0.1) is 11.4 Å². The van der Waals surface area contributed by atoms with Crippen molar-refractivity contribution in [3.63, 3.8) is 0 Å². The zero-order chi connectivity index (χ0) is 31.3. The number of amides is 2. The number of anilines is 2. The third-order valence-electron chi connectivity index (χ3n) is 8.32. The maximum absolute atomic E-state index is 13.9. The van der Waals surface area contributed by atoms with Crippen molar-refractivity contribution in [2.75, 3.05) is 23.7 Å². The van der Waals surface area contributed by atoms with Crippen LogP contribution in [0, 0.1) is 18.7 Å². The van der Waals surface area contributed by atoms with E-state index in [-0.39, 0.29) is 28.9 Å². The lowest BCUT2D eigenvalue weighted by molar-refractivity contribution is -0.121. The number of rotatable bonds is 9. The van der Waals surface area contributed by atoms with Crippen molar-refractivity contribution in [3.8, 4) is 5.69 Å². The molecule has 1 aliphatic rings. The number of carbonyl (C=O) groups is 2. The number of nitrogens with zero attached hydrogens (tertiary/aromatic N) is 2. The average Bonchev–Trinajstić information content (AvgIpc) is 3.43. The molecule has 1 saturated heterocycles. The number of ketones is 1. The van der Waals surface area contributed by atoms with Crippen LogP contribution in [0.3, 0.4) is 0 Å². The van der Waals surface area contributed by atoms with Gasteiger partial charge in [0.2, 0.25) is 0 Å². The molecule has 3 N–H and O–H groups in total. The fraction of sp³-hybridized carbons (Fsp3) is 0.361. The molecule has 1 aromatic heterocycles. The highest BCUT2D eigenvalue weighted by Crippen LogP contribution is 2.37. The summed E-state index contributed by atoms with van der Waals surface area (Å²) in [7, 11) is 0. The summed E-state index contributed by atoms with van der Waals surface area (Å²) < 4.78 is 15.2. The van der Waals surface area contributed by atoms with E-state index in [1.165, 1.54) is 12.1 Å². The van der Waals surface area contributed by atoms with E-state index < -0.39 is 6.03 Å². The first-order chi connectivity index (χ1) is 21.1. The number of aromatic nitrogens is 2. The van der Waals surface area contributed by atoms with E-state index >= 15 is 0 Å². The van der Waals surface area contributed by atoms with E-state index in [1.54, 1.807) is 16.8 Å². The van der Waals surface area contributed by atoms with Gasteiger partial charge < -0.3 is 10.6 Å². The molecule has 4 aromatic rings. The number of halogens is 1. The van der Waals surface area contributed by atoms with Gasteiger partial charge in [-0.3, -0.25) is 10.1 Å². The van der Waals surface area contributed by atoms with Crippen molar-refractivity contribution in [3.05, 3.63) is 107 Å². The highest BCUT2D eigenvalue weighted by Gasteiger charge is 2.32. The number of aryl methyl sites for hydroxylation is 2. The summed E-state index contributed by atoms with van der Waals surface area (Å²) in [6.45, 7) is 9.99. The fourth-order valence-corrected chi connectivity index (χ4v) is 5.81. The van der Waals surface area contributed by atoms with E-state index in [0.717, 1.165) is 54.0 Å². The van der Waals surface area contributed by atoms with Gasteiger partial charge in [0.15, 0.2) is 0 Å². The summed E-state index contributed by atoms with van der Waals surface area (Å²) in [6, 6.07) is 23.4. The van der Waals surface area contributed by atoms with E-state index in [1.807, 2.05) is 61.5 Å². The van der Waals surface area contributed by atoms with Crippen LogP contribution in [0.4, 0.5) is 20.7 Å². The molecule has 0 bridgehead atoms. The number of hydrogen-bond donors (Lipinski definition) is 3. The standard InChI is InChI=1S/C36H42FN5O2/c1-24-9-16-28(17-10-24)42-33(23-32(41-42)36(2,3)4)40-35(44)39-30-8-6-5-7-29(30)34(26-19-21-38-22-20-26)31(43)18-13-25-11-14-27(37)15-12-25/h5-12,14-17,23,26,34,38H,13,18-22H2,1-4H3,(H2,39,40,44). The second-order valence-corrected chi connectivity index (χ2v) is 12.7. The van der Waals surface area contributed by atoms with Crippen molar-refractivity contribution in [1.82, 2.24) is 15.1 Å². The number of hydrogen-bond acceptors (Lipinski definition) is 4. The largest absolute Gasteiger partial charge is 0.324 e. The predicted octanol–water partition coefficient (Wildman–Crippen LogP) is 7.55. The molecule has 230 valence electrons. The van der Waals surface area contributed by atoms with Gasteiger partial charge in [-0.25, -0.2) is 13.9 Å². The van der Waals surface area contributed by atoms with E-state index in [2.05, 4.69) is 36.7 Å². The molecule has 44 heavy (non-hydrogen) atoms. The van der Waals surface area contributed by atoms with Crippen molar-refractivity contribution >= 4 is 23.3 Å². The number of benzene rings is 3. The second-order valence-electron chi connectivity index (χ2n) is 12.7. The zero-order valence-corrected chi connectivity index (χ0v) is 26.0. The lowest BCUT2D eigenvalue weighted by Gasteiger charge is -2.31. The van der Waals surface area contributed by atoms with Crippen LogP contribution in [-0.2, 0) is 16.6 Å². The number of piperidine rings is 1. The normalized spacial score (nSPS) is 14.7. The number of nitrogens with one attached hydrogen (secondary N) is 3. The second kappa shape index (κ2) is 13.6. The molecule has 0 aliphatic carbocycles. The maximum atomic E-state index is 13.9. The molecule has 3 aromatic carbocycles. The molecule has 1 fully saturated rings. The Morgan fingerprint density at radius 2 is 1.66 bits per heavy atom. The van der Waals surface area contributed by atoms with Crippen LogP contribution in [0.2, 0.25) is 0 Å². The van der Waals surface area contributed by atoms with Gasteiger partial charge in [0.1, 0.15) is 17.4 Å². The lowest BCUT2D eigenvalue weighted by Crippen LogP contribution is -2.34. The Hall–Kier alpha value is -4.30. The van der Waals surface area contributed by atoms with Gasteiger partial charge in [-0.05, 0) is 86.7 Å². The van der Waals surface area contributed by atoms with Crippen LogP contribution in [0.25, 0.3) is 5.69 Å². The number of carbonyl (C=O) groups excluding carboxylic acids is 2. The van der Waals surface area contributed by atoms with Gasteiger partial charge in [0.25, 0.3) is 0 Å². The van der Waals surface area contributed by atoms with Crippen molar-refractivity contribution in [1.29, 1.82) is 0 Å². The Morgan fingerprint density at radius 3 is 2.34 bits per heavy atom. The monoisotopic (exact) mass is 595 g/mol. The Labute approximate surface area is 259 Å². The minimum atomic E-state index is -0.408. The quantitative estimate of drug-likeness (QED) is 0.187. The smallest absolute Gasteiger partial charge is 0.317 e. The zero-order valence-electron chi connectivity index (χ0n) is 26.0. The molecule has 1 unspecified atom stereocenters. The topological polar surface area (TPSA) is 88.1 Å². The first-order valence-corrected chi connectivity index (χ1v) is 15.4. The first kappa shape index (κ1) is 31.1. The number of Topliss-reactive ketones (excluding diaryl/α,β-unsaturated/α-hetero) is 1. The summed E-state index contributed by atoms with van der Waals surface area (Å²) in [6.07, 6.45) is 2.62. The molecule has 7 nitrogen and oxygen atoms in total. The highest BCUT2D eigenvalue weighted by molar-refractivity contribution is 6.01. The molecule has 2 amide bonds. The van der Waals surface area contributed by atoms with Crippen molar-refractivity contribution in [2.45, 2.75) is 64.7 Å². The van der Waals surface area contributed by atoms with Crippen LogP contribution >= 0.6 is 0 Å². The first-order valence-electron chi connectivity index (χ1n) is 15.4. The Balaban J connectivity index is 1.39. The SMILES string of the molecule is Cc1ccc(-n2nc(C(C)(C)C)cc2NC(=O)Nc2ccccc2C(C(=O)CCc2ccc(F)cc2)C2CCNCC2)cc1. The molecular formula is C36H42FN5O2. The predicted molar refractivity (Wildman–Crippen MR) is 174 cm³/mol. The van der Waals surface area contributed by atoms with Gasteiger partial charge in [-0.2, -0.15) is 5.10 Å². The van der Waals surface area contributed by atoms with Crippen LogP contribution < -0.4 is 16.0 Å². The molecule has 0 saturated carbocycles. The summed E-state index contributed by atoms with van der Waals surface area (Å²) >= 11 is 0. The molecule has 2 heterocycles. The molecule has 5 rings (SSSR count). The van der Waals surface area contributed by atoms with Crippen LogP contribution in [-0.4, -0.2) is 34.7 Å². The third kappa shape index (κ3) is 7.61. The van der Waals surface area contributed by atoms with Crippen molar-refractivity contribution in [2.24, 2.45) is 5.92 Å². The molecule has 0 radical (unpaired) electrons. The summed E-state index contributed by atoms with van der Waals surface area (Å²) in [5.41, 5.74) is 4.98.